The van der Waals surface area contributed by atoms with Crippen LogP contribution < -0.4 is 0 Å². The number of nitro groups is 2. The average Bonchev–Trinajstić information content (AvgIpc) is 2.74. The number of aromatic nitrogens is 2. The first-order valence-corrected chi connectivity index (χ1v) is 13.1. The maximum Gasteiger partial charge on any atom is 0.403 e. The van der Waals surface area contributed by atoms with Crippen LogP contribution >= 0.6 is 54.8 Å². The van der Waals surface area contributed by atoms with Crippen molar-refractivity contribution in [3.8, 4) is 0 Å². The summed E-state index contributed by atoms with van der Waals surface area (Å²) >= 11 is 4.97. The van der Waals surface area contributed by atoms with Crippen LogP contribution in [0.2, 0.25) is 0 Å². The summed E-state index contributed by atoms with van der Waals surface area (Å²) in [4.78, 5) is 37.7. The second kappa shape index (κ2) is 15.9. The van der Waals surface area contributed by atoms with Gasteiger partial charge in [-0.05, 0) is 33.7 Å². The molecule has 2 aromatic heterocycles. The number of aliphatic hydroxyl groups excluding tert-OH is 1. The van der Waals surface area contributed by atoms with Crippen molar-refractivity contribution < 1.29 is 24.5 Å². The fraction of sp³-hybridized carbons (Fsp3) is 0.267. The van der Waals surface area contributed by atoms with Crippen LogP contribution in [-0.2, 0) is 4.74 Å². The van der Waals surface area contributed by atoms with Gasteiger partial charge in [0.05, 0.1) is 16.5 Å². The van der Waals surface area contributed by atoms with Crippen molar-refractivity contribution in [2.45, 2.75) is 10.1 Å². The van der Waals surface area contributed by atoms with E-state index >= 15 is 0 Å². The van der Waals surface area contributed by atoms with E-state index in [0.29, 0.717) is 21.6 Å². The van der Waals surface area contributed by atoms with Gasteiger partial charge in [0.1, 0.15) is 29.1 Å². The van der Waals surface area contributed by atoms with E-state index in [1.165, 1.54) is 67.7 Å². The highest BCUT2D eigenvalue weighted by molar-refractivity contribution is 8.77. The number of nitrogens with zero attached hydrogens (tertiary/aromatic N) is 4. The summed E-state index contributed by atoms with van der Waals surface area (Å²) in [7, 11) is 5.60. The van der Waals surface area contributed by atoms with Gasteiger partial charge in [0.2, 0.25) is 0 Å². The fourth-order valence-corrected chi connectivity index (χ4v) is 4.85. The summed E-state index contributed by atoms with van der Waals surface area (Å²) < 4.78 is 4.51. The molecule has 0 saturated heterocycles. The molecule has 11 nitrogen and oxygen atoms in total. The molecule has 0 unspecified atom stereocenters. The monoisotopic (exact) mass is 526 g/mol. The standard InChI is InChI=1S/C8H7ClN2O4S2.C7H8N2O3S2/c9-8(12)15-3-4-16-17-7-2-1-6(5-10-7)11(13)14;10-3-4-13-14-7-2-1-6(5-8-7)9(11)12/h1-2,5H,3-4H2;1-2,5,10H,3-4H2. The van der Waals surface area contributed by atoms with Gasteiger partial charge in [-0.15, -0.1) is 0 Å². The number of halogens is 1. The molecule has 168 valence electrons. The first-order chi connectivity index (χ1) is 14.8. The van der Waals surface area contributed by atoms with Gasteiger partial charge in [0.25, 0.3) is 11.4 Å². The predicted molar refractivity (Wildman–Crippen MR) is 123 cm³/mol. The van der Waals surface area contributed by atoms with Crippen LogP contribution in [0.5, 0.6) is 0 Å². The molecular weight excluding hydrogens is 512 g/mol. The lowest BCUT2D eigenvalue weighted by molar-refractivity contribution is -0.385. The van der Waals surface area contributed by atoms with E-state index in [9.17, 15) is 25.0 Å². The zero-order valence-electron chi connectivity index (χ0n) is 15.5. The number of ether oxygens (including phenoxy) is 1. The summed E-state index contributed by atoms with van der Waals surface area (Å²) in [5.74, 6) is 1.17. The van der Waals surface area contributed by atoms with Gasteiger partial charge in [0.15, 0.2) is 0 Å². The molecule has 1 N–H and O–H groups in total. The Bertz CT molecular complexity index is 846. The maximum absolute atomic E-state index is 10.4. The Balaban J connectivity index is 0.000000316. The van der Waals surface area contributed by atoms with Gasteiger partial charge < -0.3 is 9.84 Å². The molecule has 0 bridgehead atoms. The number of carbonyl (C=O) groups excluding carboxylic acids is 1. The molecule has 2 rings (SSSR count). The van der Waals surface area contributed by atoms with Crippen molar-refractivity contribution in [2.24, 2.45) is 0 Å². The third kappa shape index (κ3) is 12.6. The predicted octanol–water partition coefficient (Wildman–Crippen LogP) is 4.83. The third-order valence-corrected chi connectivity index (χ3v) is 7.29. The zero-order chi connectivity index (χ0) is 23.1. The maximum atomic E-state index is 10.4. The van der Waals surface area contributed by atoms with Crippen LogP contribution in [0.15, 0.2) is 46.7 Å². The Morgan fingerprint density at radius 1 is 0.968 bits per heavy atom. The highest BCUT2D eigenvalue weighted by atomic mass is 35.5. The minimum Gasteiger partial charge on any atom is -0.453 e. The van der Waals surface area contributed by atoms with Crippen molar-refractivity contribution in [3.05, 3.63) is 56.9 Å². The summed E-state index contributed by atoms with van der Waals surface area (Å²) in [5.41, 5.74) is -0.888. The van der Waals surface area contributed by atoms with Gasteiger partial charge in [0, 0.05) is 35.2 Å². The molecule has 16 heteroatoms. The van der Waals surface area contributed by atoms with Crippen molar-refractivity contribution in [1.29, 1.82) is 0 Å². The highest BCUT2D eigenvalue weighted by Gasteiger charge is 2.06. The summed E-state index contributed by atoms with van der Waals surface area (Å²) in [6.45, 7) is 0.331. The molecule has 0 spiro atoms. The van der Waals surface area contributed by atoms with Crippen LogP contribution in [-0.4, -0.2) is 55.1 Å². The largest absolute Gasteiger partial charge is 0.453 e. The number of rotatable bonds is 11. The van der Waals surface area contributed by atoms with Crippen LogP contribution in [0, 0.1) is 20.2 Å². The number of hydrogen-bond acceptors (Lipinski definition) is 13. The molecule has 0 aromatic carbocycles. The molecule has 2 heterocycles. The molecule has 0 saturated carbocycles. The molecule has 0 radical (unpaired) electrons. The van der Waals surface area contributed by atoms with E-state index in [4.69, 9.17) is 16.7 Å². The Labute approximate surface area is 197 Å². The molecule has 0 amide bonds. The molecule has 2 aromatic rings. The molecule has 31 heavy (non-hydrogen) atoms. The van der Waals surface area contributed by atoms with Crippen LogP contribution in [0.3, 0.4) is 0 Å². The normalized spacial score (nSPS) is 10.0. The molecule has 0 atom stereocenters. The lowest BCUT2D eigenvalue weighted by Gasteiger charge is -2.00. The van der Waals surface area contributed by atoms with E-state index in [2.05, 4.69) is 14.7 Å². The van der Waals surface area contributed by atoms with Crippen molar-refractivity contribution in [2.75, 3.05) is 24.7 Å². The average molecular weight is 527 g/mol. The van der Waals surface area contributed by atoms with Crippen molar-refractivity contribution in [3.63, 3.8) is 0 Å². The van der Waals surface area contributed by atoms with Gasteiger partial charge in [-0.1, -0.05) is 21.6 Å². The topological polar surface area (TPSA) is 159 Å². The van der Waals surface area contributed by atoms with Gasteiger partial charge in [-0.25, -0.2) is 14.8 Å². The van der Waals surface area contributed by atoms with Crippen molar-refractivity contribution in [1.82, 2.24) is 9.97 Å². The van der Waals surface area contributed by atoms with Crippen LogP contribution in [0.4, 0.5) is 16.2 Å². The quantitative estimate of drug-likeness (QED) is 0.139. The van der Waals surface area contributed by atoms with Gasteiger partial charge in [-0.2, -0.15) is 0 Å². The van der Waals surface area contributed by atoms with Crippen LogP contribution in [0.1, 0.15) is 0 Å². The van der Waals surface area contributed by atoms with Gasteiger partial charge >= 0.3 is 5.43 Å². The number of aliphatic hydroxyl groups is 1. The zero-order valence-corrected chi connectivity index (χ0v) is 19.5. The van der Waals surface area contributed by atoms with E-state index in [1.54, 1.807) is 12.1 Å². The molecule has 0 aliphatic carbocycles. The van der Waals surface area contributed by atoms with Crippen molar-refractivity contribution >= 4 is 71.6 Å². The summed E-state index contributed by atoms with van der Waals surface area (Å²) in [6, 6.07) is 5.94. The van der Waals surface area contributed by atoms with Crippen LogP contribution in [0.25, 0.3) is 0 Å². The van der Waals surface area contributed by atoms with E-state index in [-0.39, 0.29) is 24.6 Å². The fourth-order valence-electron chi connectivity index (χ4n) is 1.46. The number of hydrogen-bond donors (Lipinski definition) is 1. The first kappa shape index (κ1) is 27.3. The summed E-state index contributed by atoms with van der Waals surface area (Å²) in [6.07, 6.45) is 2.42. The van der Waals surface area contributed by atoms with Gasteiger partial charge in [-0.3, -0.25) is 20.2 Å². The SMILES string of the molecule is O=C(Cl)OCCSSc1ccc([N+](=O)[O-])cn1.O=[N+]([O-])c1ccc(SSCCO)nc1. The minimum absolute atomic E-state index is 0.0125. The lowest BCUT2D eigenvalue weighted by Crippen LogP contribution is -1.97. The number of carbonyl (C=O) groups is 1. The second-order valence-corrected chi connectivity index (χ2v) is 10.0. The molecule has 0 fully saturated rings. The highest BCUT2D eigenvalue weighted by Crippen LogP contribution is 2.30. The molecule has 0 aliphatic rings. The molecular formula is C15H15ClN4O7S4. The number of pyridine rings is 2. The Kier molecular flexibility index (Phi) is 14.0. The Hall–Kier alpha value is -1.78. The smallest absolute Gasteiger partial charge is 0.403 e. The summed E-state index contributed by atoms with van der Waals surface area (Å²) in [5, 5.41) is 30.5. The molecule has 0 aliphatic heterocycles. The second-order valence-electron chi connectivity index (χ2n) is 4.84. The van der Waals surface area contributed by atoms with E-state index < -0.39 is 15.3 Å². The first-order valence-electron chi connectivity index (χ1n) is 8.06. The van der Waals surface area contributed by atoms with E-state index in [0.717, 1.165) is 0 Å². The third-order valence-electron chi connectivity index (χ3n) is 2.71. The Morgan fingerprint density at radius 2 is 1.45 bits per heavy atom. The van der Waals surface area contributed by atoms with E-state index in [1.807, 2.05) is 0 Å². The Morgan fingerprint density at radius 3 is 1.81 bits per heavy atom. The lowest BCUT2D eigenvalue weighted by atomic mass is 10.4. The minimum atomic E-state index is -0.830.